The zero-order chi connectivity index (χ0) is 19.7. The Morgan fingerprint density at radius 3 is 2.07 bits per heavy atom. The smallest absolute Gasteiger partial charge is 0.0546 e. The fraction of sp³-hybridized carbons (Fsp3) is 0.115. The van der Waals surface area contributed by atoms with E-state index in [1.54, 1.807) is 0 Å². The highest BCUT2D eigenvalue weighted by atomic mass is 15.1. The Hall–Kier alpha value is -3.39. The van der Waals surface area contributed by atoms with E-state index in [0.29, 0.717) is 5.71 Å². The fourth-order valence-electron chi connectivity index (χ4n) is 3.55. The van der Waals surface area contributed by atoms with Crippen molar-refractivity contribution >= 4 is 29.1 Å². The molecule has 1 N–H and O–H groups in total. The molecule has 138 valence electrons. The summed E-state index contributed by atoms with van der Waals surface area (Å²) >= 11 is 0. The number of benzene rings is 3. The maximum absolute atomic E-state index is 7.85. The van der Waals surface area contributed by atoms with Crippen LogP contribution in [0.15, 0.2) is 72.8 Å². The minimum Gasteiger partial charge on any atom is -0.378 e. The Balaban J connectivity index is 1.97. The summed E-state index contributed by atoms with van der Waals surface area (Å²) in [7, 11) is 4.12. The van der Waals surface area contributed by atoms with Crippen LogP contribution >= 0.6 is 0 Å². The van der Waals surface area contributed by atoms with Crippen molar-refractivity contribution in [1.29, 1.82) is 5.41 Å². The number of allylic oxidation sites excluding steroid dienone is 1. The van der Waals surface area contributed by atoms with Gasteiger partial charge in [-0.25, -0.2) is 0 Å². The van der Waals surface area contributed by atoms with E-state index >= 15 is 0 Å². The van der Waals surface area contributed by atoms with E-state index < -0.39 is 0 Å². The van der Waals surface area contributed by atoms with Crippen molar-refractivity contribution in [2.75, 3.05) is 19.0 Å². The summed E-state index contributed by atoms with van der Waals surface area (Å²) in [4.78, 5) is 2.11. The van der Waals surface area contributed by atoms with Gasteiger partial charge in [-0.2, -0.15) is 0 Å². The molecule has 1 aliphatic rings. The van der Waals surface area contributed by atoms with Crippen molar-refractivity contribution in [2.24, 2.45) is 0 Å². The third-order valence-electron chi connectivity index (χ3n) is 5.14. The number of aryl methyl sites for hydroxylation is 1. The predicted octanol–water partition coefficient (Wildman–Crippen LogP) is 4.14. The van der Waals surface area contributed by atoms with E-state index in [9.17, 15) is 0 Å². The fourth-order valence-corrected chi connectivity index (χ4v) is 3.55. The summed E-state index contributed by atoms with van der Waals surface area (Å²) < 4.78 is 0. The van der Waals surface area contributed by atoms with Crippen LogP contribution < -0.4 is 15.3 Å². The molecule has 28 heavy (non-hydrogen) atoms. The minimum absolute atomic E-state index is 0.544. The molecule has 0 spiro atoms. The summed E-state index contributed by atoms with van der Waals surface area (Å²) in [5.41, 5.74) is 7.78. The van der Waals surface area contributed by atoms with Gasteiger partial charge in [0.1, 0.15) is 0 Å². The average molecular weight is 364 g/mol. The molecule has 0 aliphatic heterocycles. The van der Waals surface area contributed by atoms with E-state index in [4.69, 9.17) is 5.41 Å². The van der Waals surface area contributed by atoms with Crippen molar-refractivity contribution in [3.63, 3.8) is 0 Å². The van der Waals surface area contributed by atoms with Gasteiger partial charge in [-0.15, -0.1) is 0 Å². The van der Waals surface area contributed by atoms with Gasteiger partial charge in [0.05, 0.1) is 5.71 Å². The molecule has 0 heterocycles. The minimum atomic E-state index is 0.544. The molecular formula is C26H24N2. The second kappa shape index (κ2) is 7.32. The van der Waals surface area contributed by atoms with Crippen molar-refractivity contribution in [3.8, 4) is 0 Å². The zero-order valence-corrected chi connectivity index (χ0v) is 16.5. The van der Waals surface area contributed by atoms with Gasteiger partial charge in [0.2, 0.25) is 0 Å². The summed E-state index contributed by atoms with van der Waals surface area (Å²) in [5, 5.41) is 10.1. The lowest BCUT2D eigenvalue weighted by molar-refractivity contribution is 1.13. The van der Waals surface area contributed by atoms with Crippen LogP contribution in [-0.2, 0) is 0 Å². The molecule has 3 aromatic carbocycles. The third-order valence-corrected chi connectivity index (χ3v) is 5.14. The molecule has 4 rings (SSSR count). The Morgan fingerprint density at radius 1 is 0.786 bits per heavy atom. The molecule has 3 aromatic rings. The number of nitrogens with one attached hydrogen (secondary N) is 1. The number of hydrogen-bond donors (Lipinski definition) is 1. The van der Waals surface area contributed by atoms with Crippen LogP contribution in [0.25, 0.3) is 17.7 Å². The lowest BCUT2D eigenvalue weighted by Gasteiger charge is -2.15. The summed E-state index contributed by atoms with van der Waals surface area (Å²) in [6.45, 7) is 2.11. The van der Waals surface area contributed by atoms with E-state index in [-0.39, 0.29) is 0 Å². The lowest BCUT2D eigenvalue weighted by Crippen LogP contribution is -2.18. The quantitative estimate of drug-likeness (QED) is 0.743. The van der Waals surface area contributed by atoms with Gasteiger partial charge in [0.25, 0.3) is 0 Å². The molecule has 0 saturated carbocycles. The molecule has 0 atom stereocenters. The van der Waals surface area contributed by atoms with Crippen molar-refractivity contribution < 1.29 is 0 Å². The van der Waals surface area contributed by atoms with Crippen LogP contribution in [0.3, 0.4) is 0 Å². The standard InChI is InChI=1S/C26H24N2/c1-18-4-6-19(7-5-18)26(20-11-14-25(15-12-20)28(2)3)23-9-8-22-17-24(27)13-10-21(22)16-23/h4-17,27H,1-3H3/b26-23-,27-24?. The van der Waals surface area contributed by atoms with E-state index in [1.165, 1.54) is 33.2 Å². The molecule has 0 saturated heterocycles. The van der Waals surface area contributed by atoms with Gasteiger partial charge in [0, 0.05) is 19.8 Å². The van der Waals surface area contributed by atoms with Gasteiger partial charge in [0.15, 0.2) is 0 Å². The SMILES string of the molecule is Cc1ccc(/C(c2ccc(N(C)C)cc2)=c2\ccc3c(c2)C=CC(=N)C=3)cc1. The first-order chi connectivity index (χ1) is 13.5. The number of fused-ring (bicyclic) bond motifs is 1. The molecule has 0 amide bonds. The topological polar surface area (TPSA) is 27.1 Å². The number of rotatable bonds is 3. The highest BCUT2D eigenvalue weighted by molar-refractivity contribution is 6.18. The normalized spacial score (nSPS) is 13.6. The monoisotopic (exact) mass is 364 g/mol. The first-order valence-corrected chi connectivity index (χ1v) is 9.49. The largest absolute Gasteiger partial charge is 0.378 e. The average Bonchev–Trinajstić information content (AvgIpc) is 2.70. The maximum atomic E-state index is 7.85. The van der Waals surface area contributed by atoms with Gasteiger partial charge in [-0.1, -0.05) is 60.2 Å². The van der Waals surface area contributed by atoms with Gasteiger partial charge >= 0.3 is 0 Å². The Morgan fingerprint density at radius 2 is 1.43 bits per heavy atom. The van der Waals surface area contributed by atoms with Crippen molar-refractivity contribution in [2.45, 2.75) is 6.92 Å². The van der Waals surface area contributed by atoms with Crippen LogP contribution in [0.2, 0.25) is 0 Å². The van der Waals surface area contributed by atoms with Crippen LogP contribution in [0, 0.1) is 12.3 Å². The highest BCUT2D eigenvalue weighted by Gasteiger charge is 2.09. The molecule has 0 aromatic heterocycles. The Labute approximate surface area is 166 Å². The predicted molar refractivity (Wildman–Crippen MR) is 120 cm³/mol. The van der Waals surface area contributed by atoms with Crippen LogP contribution in [0.5, 0.6) is 0 Å². The molecule has 0 fully saturated rings. The van der Waals surface area contributed by atoms with E-state index in [1.807, 2.05) is 18.2 Å². The molecule has 2 nitrogen and oxygen atoms in total. The van der Waals surface area contributed by atoms with Gasteiger partial charge in [-0.3, -0.25) is 0 Å². The van der Waals surface area contributed by atoms with Crippen LogP contribution in [-0.4, -0.2) is 19.8 Å². The highest BCUT2D eigenvalue weighted by Crippen LogP contribution is 2.24. The van der Waals surface area contributed by atoms with E-state index in [0.717, 1.165) is 10.8 Å². The number of nitrogens with zero attached hydrogens (tertiary/aromatic N) is 1. The first kappa shape index (κ1) is 18.0. The summed E-state index contributed by atoms with van der Waals surface area (Å²) in [5.74, 6) is 0. The molecular weight excluding hydrogens is 340 g/mol. The molecule has 2 heteroatoms. The second-order valence-electron chi connectivity index (χ2n) is 7.46. The Kier molecular flexibility index (Phi) is 4.70. The van der Waals surface area contributed by atoms with Crippen molar-refractivity contribution in [1.82, 2.24) is 0 Å². The lowest BCUT2D eigenvalue weighted by atomic mass is 9.93. The summed E-state index contributed by atoms with van der Waals surface area (Å²) in [6, 6.07) is 23.9. The second-order valence-corrected chi connectivity index (χ2v) is 7.46. The molecule has 0 radical (unpaired) electrons. The number of hydrogen-bond acceptors (Lipinski definition) is 2. The van der Waals surface area contributed by atoms with Crippen LogP contribution in [0.1, 0.15) is 22.3 Å². The Bertz CT molecular complexity index is 1180. The number of anilines is 1. The molecule has 0 bridgehead atoms. The molecule has 0 unspecified atom stereocenters. The first-order valence-electron chi connectivity index (χ1n) is 9.49. The van der Waals surface area contributed by atoms with Crippen LogP contribution in [0.4, 0.5) is 5.69 Å². The maximum Gasteiger partial charge on any atom is 0.0546 e. The van der Waals surface area contributed by atoms with Gasteiger partial charge in [-0.05, 0) is 70.0 Å². The van der Waals surface area contributed by atoms with E-state index in [2.05, 4.69) is 92.6 Å². The zero-order valence-electron chi connectivity index (χ0n) is 16.5. The third kappa shape index (κ3) is 3.54. The molecule has 1 aliphatic carbocycles. The van der Waals surface area contributed by atoms with Crippen molar-refractivity contribution in [3.05, 3.63) is 105 Å². The van der Waals surface area contributed by atoms with Gasteiger partial charge < -0.3 is 10.3 Å². The summed E-state index contributed by atoms with van der Waals surface area (Å²) in [6.07, 6.45) is 5.79.